The number of hydrogen-bond donors (Lipinski definition) is 1. The number of nitrogens with zero attached hydrogens (tertiary/aromatic N) is 2. The van der Waals surface area contributed by atoms with Crippen LogP contribution in [0.5, 0.6) is 0 Å². The zero-order valence-electron chi connectivity index (χ0n) is 10.6. The molecule has 0 saturated carbocycles. The van der Waals surface area contributed by atoms with E-state index >= 15 is 0 Å². The van der Waals surface area contributed by atoms with E-state index < -0.39 is 0 Å². The smallest absolute Gasteiger partial charge is 0.162 e. The lowest BCUT2D eigenvalue weighted by molar-refractivity contribution is 1.02. The third-order valence-corrected chi connectivity index (χ3v) is 4.07. The molecule has 5 heteroatoms. The second-order valence-electron chi connectivity index (χ2n) is 4.14. The zero-order valence-corrected chi connectivity index (χ0v) is 12.2. The van der Waals surface area contributed by atoms with Crippen LogP contribution >= 0.6 is 23.1 Å². The standard InChI is InChI=1S/C14H14ClN3S/c1-2-10-3-5-11(6-4-10)7-8-17-14-12(9-16)13(15)18-19-14/h3-6,17H,2,7-8H2,1H3. The summed E-state index contributed by atoms with van der Waals surface area (Å²) in [5, 5.41) is 13.2. The van der Waals surface area contributed by atoms with Gasteiger partial charge < -0.3 is 5.32 Å². The van der Waals surface area contributed by atoms with Crippen molar-refractivity contribution >= 4 is 28.1 Å². The van der Waals surface area contributed by atoms with Crippen LogP contribution in [0.1, 0.15) is 23.6 Å². The van der Waals surface area contributed by atoms with E-state index in [4.69, 9.17) is 16.9 Å². The first-order chi connectivity index (χ1) is 9.24. The van der Waals surface area contributed by atoms with Crippen LogP contribution in [0.25, 0.3) is 0 Å². The van der Waals surface area contributed by atoms with Gasteiger partial charge >= 0.3 is 0 Å². The minimum absolute atomic E-state index is 0.280. The molecule has 1 aromatic heterocycles. The van der Waals surface area contributed by atoms with Crippen molar-refractivity contribution in [2.24, 2.45) is 0 Å². The van der Waals surface area contributed by atoms with Gasteiger partial charge in [0.25, 0.3) is 0 Å². The van der Waals surface area contributed by atoms with Crippen molar-refractivity contribution < 1.29 is 0 Å². The van der Waals surface area contributed by atoms with Crippen molar-refractivity contribution in [2.45, 2.75) is 19.8 Å². The van der Waals surface area contributed by atoms with Crippen LogP contribution in [0.3, 0.4) is 0 Å². The Morgan fingerprint density at radius 1 is 1.32 bits per heavy atom. The Morgan fingerprint density at radius 2 is 2.00 bits per heavy atom. The van der Waals surface area contributed by atoms with Crippen LogP contribution in [0.4, 0.5) is 5.00 Å². The summed E-state index contributed by atoms with van der Waals surface area (Å²) in [6.45, 7) is 2.91. The largest absolute Gasteiger partial charge is 0.374 e. The van der Waals surface area contributed by atoms with E-state index in [1.54, 1.807) is 0 Å². The molecule has 1 N–H and O–H groups in total. The molecule has 2 aromatic rings. The van der Waals surface area contributed by atoms with Crippen molar-refractivity contribution in [3.63, 3.8) is 0 Å². The van der Waals surface area contributed by atoms with Crippen molar-refractivity contribution in [1.82, 2.24) is 4.37 Å². The molecule has 0 spiro atoms. The summed E-state index contributed by atoms with van der Waals surface area (Å²) >= 11 is 7.04. The van der Waals surface area contributed by atoms with Crippen molar-refractivity contribution in [2.75, 3.05) is 11.9 Å². The normalized spacial score (nSPS) is 10.2. The Balaban J connectivity index is 1.91. The number of anilines is 1. The first-order valence-corrected chi connectivity index (χ1v) is 7.26. The molecule has 0 fully saturated rings. The number of halogens is 1. The molecular weight excluding hydrogens is 278 g/mol. The van der Waals surface area contributed by atoms with Gasteiger partial charge in [0.05, 0.1) is 0 Å². The maximum Gasteiger partial charge on any atom is 0.162 e. The van der Waals surface area contributed by atoms with E-state index in [1.165, 1.54) is 22.7 Å². The number of nitriles is 1. The maximum atomic E-state index is 8.95. The minimum atomic E-state index is 0.280. The van der Waals surface area contributed by atoms with Crippen LogP contribution < -0.4 is 5.32 Å². The van der Waals surface area contributed by atoms with Crippen LogP contribution in [0.2, 0.25) is 5.15 Å². The lowest BCUT2D eigenvalue weighted by atomic mass is 10.1. The summed E-state index contributed by atoms with van der Waals surface area (Å²) < 4.78 is 3.96. The molecule has 2 rings (SSSR count). The third-order valence-electron chi connectivity index (χ3n) is 2.89. The third kappa shape index (κ3) is 3.46. The van der Waals surface area contributed by atoms with Crippen LogP contribution in [0, 0.1) is 11.3 Å². The topological polar surface area (TPSA) is 48.7 Å². The summed E-state index contributed by atoms with van der Waals surface area (Å²) in [5.41, 5.74) is 3.06. The fourth-order valence-corrected chi connectivity index (χ4v) is 2.71. The van der Waals surface area contributed by atoms with E-state index in [0.29, 0.717) is 5.56 Å². The quantitative estimate of drug-likeness (QED) is 0.909. The van der Waals surface area contributed by atoms with E-state index in [0.717, 1.165) is 24.4 Å². The molecule has 0 radical (unpaired) electrons. The second kappa shape index (κ2) is 6.55. The van der Waals surface area contributed by atoms with Gasteiger partial charge in [-0.25, -0.2) is 0 Å². The molecule has 1 heterocycles. The van der Waals surface area contributed by atoms with E-state index in [-0.39, 0.29) is 5.15 Å². The van der Waals surface area contributed by atoms with Crippen LogP contribution in [-0.2, 0) is 12.8 Å². The SMILES string of the molecule is CCc1ccc(CCNc2snc(Cl)c2C#N)cc1. The van der Waals surface area contributed by atoms with Gasteiger partial charge in [-0.3, -0.25) is 0 Å². The summed E-state index contributed by atoms with van der Waals surface area (Å²) in [6.07, 6.45) is 1.97. The molecule has 0 unspecified atom stereocenters. The van der Waals surface area contributed by atoms with E-state index in [9.17, 15) is 0 Å². The van der Waals surface area contributed by atoms with Crippen molar-refractivity contribution in [3.8, 4) is 6.07 Å². The van der Waals surface area contributed by atoms with Crippen LogP contribution in [0.15, 0.2) is 24.3 Å². The van der Waals surface area contributed by atoms with E-state index in [2.05, 4.69) is 46.9 Å². The first kappa shape index (κ1) is 13.9. The molecule has 0 saturated heterocycles. The van der Waals surface area contributed by atoms with Gasteiger partial charge in [0, 0.05) is 6.54 Å². The molecular formula is C14H14ClN3S. The Kier molecular flexibility index (Phi) is 4.78. The predicted octanol–water partition coefficient (Wildman–Crippen LogP) is 3.89. The number of aromatic nitrogens is 1. The Bertz CT molecular complexity index is 584. The number of benzene rings is 1. The number of hydrogen-bond acceptors (Lipinski definition) is 4. The fourth-order valence-electron chi connectivity index (χ4n) is 1.75. The highest BCUT2D eigenvalue weighted by atomic mass is 35.5. The lowest BCUT2D eigenvalue weighted by Crippen LogP contribution is -2.04. The van der Waals surface area contributed by atoms with Gasteiger partial charge in [0.15, 0.2) is 5.15 Å². The highest BCUT2D eigenvalue weighted by Gasteiger charge is 2.10. The molecule has 1 aromatic carbocycles. The average Bonchev–Trinajstić information content (AvgIpc) is 2.80. The molecule has 0 amide bonds. The summed E-state index contributed by atoms with van der Waals surface area (Å²) in [6, 6.07) is 10.7. The molecule has 98 valence electrons. The monoisotopic (exact) mass is 291 g/mol. The number of aryl methyl sites for hydroxylation is 1. The number of rotatable bonds is 5. The Labute approximate surface area is 122 Å². The first-order valence-electron chi connectivity index (χ1n) is 6.11. The molecule has 0 atom stereocenters. The molecule has 0 aliphatic heterocycles. The van der Waals surface area contributed by atoms with Gasteiger partial charge in [-0.15, -0.1) is 0 Å². The Morgan fingerprint density at radius 3 is 2.63 bits per heavy atom. The summed E-state index contributed by atoms with van der Waals surface area (Å²) in [7, 11) is 0. The van der Waals surface area contributed by atoms with Gasteiger partial charge in [0.1, 0.15) is 16.6 Å². The van der Waals surface area contributed by atoms with Crippen LogP contribution in [-0.4, -0.2) is 10.9 Å². The van der Waals surface area contributed by atoms with Gasteiger partial charge in [-0.05, 0) is 35.5 Å². The van der Waals surface area contributed by atoms with Gasteiger partial charge in [0.2, 0.25) is 0 Å². The lowest BCUT2D eigenvalue weighted by Gasteiger charge is -2.05. The maximum absolute atomic E-state index is 8.95. The summed E-state index contributed by atoms with van der Waals surface area (Å²) in [4.78, 5) is 0. The zero-order chi connectivity index (χ0) is 13.7. The Hall–Kier alpha value is -1.57. The molecule has 0 aliphatic rings. The summed E-state index contributed by atoms with van der Waals surface area (Å²) in [5.74, 6) is 0. The molecule has 0 bridgehead atoms. The van der Waals surface area contributed by atoms with Crippen molar-refractivity contribution in [1.29, 1.82) is 5.26 Å². The minimum Gasteiger partial charge on any atom is -0.374 e. The fraction of sp³-hybridized carbons (Fsp3) is 0.286. The highest BCUT2D eigenvalue weighted by Crippen LogP contribution is 2.27. The second-order valence-corrected chi connectivity index (χ2v) is 5.27. The molecule has 3 nitrogen and oxygen atoms in total. The average molecular weight is 292 g/mol. The van der Waals surface area contributed by atoms with Gasteiger partial charge in [-0.1, -0.05) is 42.8 Å². The molecule has 0 aliphatic carbocycles. The molecule has 19 heavy (non-hydrogen) atoms. The van der Waals surface area contributed by atoms with Gasteiger partial charge in [-0.2, -0.15) is 9.64 Å². The highest BCUT2D eigenvalue weighted by molar-refractivity contribution is 7.10. The number of nitrogens with one attached hydrogen (secondary N) is 1. The van der Waals surface area contributed by atoms with E-state index in [1.807, 2.05) is 0 Å². The predicted molar refractivity (Wildman–Crippen MR) is 79.9 cm³/mol. The van der Waals surface area contributed by atoms with Crippen molar-refractivity contribution in [3.05, 3.63) is 46.1 Å².